The monoisotopic (exact) mass is 518 g/mol. The van der Waals surface area contributed by atoms with Gasteiger partial charge in [0.25, 0.3) is 0 Å². The van der Waals surface area contributed by atoms with Gasteiger partial charge in [-0.1, -0.05) is 46.3 Å². The molecule has 0 radical (unpaired) electrons. The first kappa shape index (κ1) is 29.2. The van der Waals surface area contributed by atoms with Crippen molar-refractivity contribution in [3.05, 3.63) is 11.6 Å². The van der Waals surface area contributed by atoms with E-state index in [-0.39, 0.29) is 34.1 Å². The molecule has 10 atom stereocenters. The Kier molecular flexibility index (Phi) is 6.81. The van der Waals surface area contributed by atoms with Gasteiger partial charge in [0.2, 0.25) is 0 Å². The molecule has 0 amide bonds. The first-order chi connectivity index (χ1) is 16.7. The van der Waals surface area contributed by atoms with Gasteiger partial charge < -0.3 is 20.4 Å². The van der Waals surface area contributed by atoms with Crippen LogP contribution in [0.5, 0.6) is 0 Å². The number of aliphatic hydroxyl groups is 4. The summed E-state index contributed by atoms with van der Waals surface area (Å²) in [6, 6.07) is 0. The summed E-state index contributed by atoms with van der Waals surface area (Å²) in [5.74, 6) is -0.661. The summed E-state index contributed by atoms with van der Waals surface area (Å²) in [5.41, 5.74) is -4.63. The molecule has 0 spiro atoms. The average Bonchev–Trinajstić information content (AvgIpc) is 3.07. The van der Waals surface area contributed by atoms with Crippen LogP contribution in [0.25, 0.3) is 0 Å². The fourth-order valence-corrected chi connectivity index (χ4v) is 10.7. The molecule has 4 aliphatic rings. The molecule has 4 fully saturated rings. The molecule has 5 heteroatoms. The molecule has 0 aromatic heterocycles. The molecule has 4 aliphatic carbocycles. The Hall–Kier alpha value is -0.750. The van der Waals surface area contributed by atoms with Crippen LogP contribution in [-0.4, -0.2) is 49.1 Å². The summed E-state index contributed by atoms with van der Waals surface area (Å²) in [5, 5.41) is 47.7. The van der Waals surface area contributed by atoms with Crippen molar-refractivity contribution in [1.29, 1.82) is 0 Å². The summed E-state index contributed by atoms with van der Waals surface area (Å²) in [7, 11) is 0. The third kappa shape index (κ3) is 3.73. The van der Waals surface area contributed by atoms with E-state index >= 15 is 0 Å². The second-order valence-corrected chi connectivity index (χ2v) is 15.5. The first-order valence-corrected chi connectivity index (χ1v) is 14.7. The van der Waals surface area contributed by atoms with Crippen LogP contribution < -0.4 is 0 Å². The van der Waals surface area contributed by atoms with Gasteiger partial charge in [0, 0.05) is 5.92 Å². The topological polar surface area (TPSA) is 98.0 Å². The Bertz CT molecular complexity index is 964. The van der Waals surface area contributed by atoms with Crippen molar-refractivity contribution >= 4 is 5.78 Å². The Morgan fingerprint density at radius 1 is 0.919 bits per heavy atom. The van der Waals surface area contributed by atoms with E-state index in [4.69, 9.17) is 0 Å². The molecule has 212 valence electrons. The van der Waals surface area contributed by atoms with Gasteiger partial charge in [-0.2, -0.15) is 0 Å². The third-order valence-electron chi connectivity index (χ3n) is 13.2. The van der Waals surface area contributed by atoms with Crippen LogP contribution in [0.1, 0.15) is 120 Å². The highest BCUT2D eigenvalue weighted by atomic mass is 16.4. The highest BCUT2D eigenvalue weighted by Gasteiger charge is 2.78. The number of fused-ring (bicyclic) bond motifs is 5. The molecule has 0 aromatic carbocycles. The Morgan fingerprint density at radius 3 is 2.11 bits per heavy atom. The van der Waals surface area contributed by atoms with Gasteiger partial charge in [-0.05, 0) is 119 Å². The zero-order chi connectivity index (χ0) is 28.0. The number of rotatable bonds is 5. The quantitative estimate of drug-likeness (QED) is 0.357. The molecule has 1 unspecified atom stereocenters. The number of carbonyl (C=O) groups is 1. The zero-order valence-electron chi connectivity index (χ0n) is 24.9. The number of Topliss-reactive ketones (excluding diaryl/α,β-unsaturated/α-hetero) is 1. The van der Waals surface area contributed by atoms with E-state index in [2.05, 4.69) is 40.7 Å². The predicted molar refractivity (Wildman–Crippen MR) is 147 cm³/mol. The van der Waals surface area contributed by atoms with Crippen LogP contribution in [-0.2, 0) is 4.79 Å². The van der Waals surface area contributed by atoms with Gasteiger partial charge in [0.05, 0.1) is 17.3 Å². The zero-order valence-corrected chi connectivity index (χ0v) is 24.9. The van der Waals surface area contributed by atoms with Crippen molar-refractivity contribution in [3.63, 3.8) is 0 Å². The van der Waals surface area contributed by atoms with E-state index in [1.54, 1.807) is 6.92 Å². The van der Waals surface area contributed by atoms with Crippen molar-refractivity contribution in [2.75, 3.05) is 0 Å². The molecule has 4 N–H and O–H groups in total. The highest BCUT2D eigenvalue weighted by molar-refractivity contribution is 5.86. The van der Waals surface area contributed by atoms with E-state index in [0.29, 0.717) is 38.0 Å². The average molecular weight is 519 g/mol. The van der Waals surface area contributed by atoms with Gasteiger partial charge in [-0.15, -0.1) is 0 Å². The second kappa shape index (κ2) is 8.62. The van der Waals surface area contributed by atoms with Crippen LogP contribution in [0.4, 0.5) is 0 Å². The van der Waals surface area contributed by atoms with Crippen molar-refractivity contribution in [2.45, 2.75) is 143 Å². The van der Waals surface area contributed by atoms with Gasteiger partial charge in [0.15, 0.2) is 5.78 Å². The minimum absolute atomic E-state index is 0.0821. The maximum atomic E-state index is 13.5. The minimum atomic E-state index is -1.71. The molecular weight excluding hydrogens is 464 g/mol. The largest absolute Gasteiger partial charge is 0.393 e. The molecule has 0 heterocycles. The van der Waals surface area contributed by atoms with Gasteiger partial charge in [-0.25, -0.2) is 0 Å². The summed E-state index contributed by atoms with van der Waals surface area (Å²) < 4.78 is 0. The van der Waals surface area contributed by atoms with Crippen molar-refractivity contribution < 1.29 is 25.2 Å². The third-order valence-corrected chi connectivity index (χ3v) is 13.2. The molecule has 37 heavy (non-hydrogen) atoms. The fourth-order valence-electron chi connectivity index (χ4n) is 10.7. The maximum absolute atomic E-state index is 13.5. The lowest BCUT2D eigenvalue weighted by Crippen LogP contribution is -2.74. The molecular formula is C32H54O5. The molecule has 0 saturated heterocycles. The van der Waals surface area contributed by atoms with Crippen LogP contribution in [0, 0.1) is 39.4 Å². The molecule has 0 aliphatic heterocycles. The van der Waals surface area contributed by atoms with E-state index in [9.17, 15) is 25.2 Å². The van der Waals surface area contributed by atoms with E-state index in [0.717, 1.165) is 31.3 Å². The van der Waals surface area contributed by atoms with E-state index < -0.39 is 28.1 Å². The first-order valence-electron chi connectivity index (χ1n) is 14.7. The van der Waals surface area contributed by atoms with E-state index in [1.165, 1.54) is 6.92 Å². The smallest absolute Gasteiger partial charge is 0.161 e. The standard InChI is InChI=1S/C32H54O5/c1-20(2)11-10-14-30(9,35)32(37)18-17-29(8)25(32)31(36,21(3)33)19-23-27(6)15-13-24(34)26(4,5)22(27)12-16-28(23,29)7/h11,22-25,34-37H,10,12-19H2,1-9H3/t22?,23-,24-,25-,27+,28-,29+,30+,31+,32-/m1/s1. The fraction of sp³-hybridized carbons (Fsp3) is 0.906. The molecule has 4 saturated carbocycles. The number of carbonyl (C=O) groups excluding carboxylic acids is 1. The normalized spacial score (nSPS) is 50.3. The van der Waals surface area contributed by atoms with Gasteiger partial charge in [0.1, 0.15) is 5.60 Å². The number of allylic oxidation sites excluding steroid dienone is 2. The van der Waals surface area contributed by atoms with Crippen molar-refractivity contribution in [2.24, 2.45) is 39.4 Å². The SMILES string of the molecule is CC(=O)[C@@]1(O)C[C@@H]2[C@@]3(C)CC[C@@H](O)C(C)(C)C3CC[C@@]2(C)[C@@]2(C)CC[C@](O)([C@@](C)(O)CCC=C(C)C)[C@H]21. The van der Waals surface area contributed by atoms with Crippen LogP contribution in [0.3, 0.4) is 0 Å². The van der Waals surface area contributed by atoms with Crippen molar-refractivity contribution in [1.82, 2.24) is 0 Å². The minimum Gasteiger partial charge on any atom is -0.393 e. The second-order valence-electron chi connectivity index (χ2n) is 15.5. The van der Waals surface area contributed by atoms with Gasteiger partial charge in [-0.3, -0.25) is 4.79 Å². The van der Waals surface area contributed by atoms with Crippen LogP contribution in [0.2, 0.25) is 0 Å². The summed E-state index contributed by atoms with van der Waals surface area (Å²) in [4.78, 5) is 13.5. The Balaban J connectivity index is 1.84. The van der Waals surface area contributed by atoms with Gasteiger partial charge >= 0.3 is 0 Å². The molecule has 0 bridgehead atoms. The van der Waals surface area contributed by atoms with Crippen LogP contribution >= 0.6 is 0 Å². The number of hydrogen-bond acceptors (Lipinski definition) is 5. The number of hydrogen-bond donors (Lipinski definition) is 4. The summed E-state index contributed by atoms with van der Waals surface area (Å²) in [6.07, 6.45) is 7.62. The van der Waals surface area contributed by atoms with Crippen LogP contribution in [0.15, 0.2) is 11.6 Å². The van der Waals surface area contributed by atoms with E-state index in [1.807, 2.05) is 13.8 Å². The van der Waals surface area contributed by atoms with Crippen molar-refractivity contribution in [3.8, 4) is 0 Å². The summed E-state index contributed by atoms with van der Waals surface area (Å²) >= 11 is 0. The summed E-state index contributed by atoms with van der Waals surface area (Å²) in [6.45, 7) is 18.5. The lowest BCUT2D eigenvalue weighted by atomic mass is 9.33. The lowest BCUT2D eigenvalue weighted by molar-refractivity contribution is -0.291. The molecule has 4 rings (SSSR count). The predicted octanol–water partition coefficient (Wildman–Crippen LogP) is 5.57. The Labute approximate surface area is 225 Å². The highest BCUT2D eigenvalue weighted by Crippen LogP contribution is 2.78. The molecule has 5 nitrogen and oxygen atoms in total. The number of aliphatic hydroxyl groups excluding tert-OH is 1. The molecule has 0 aromatic rings. The Morgan fingerprint density at radius 2 is 1.54 bits per heavy atom. The lowest BCUT2D eigenvalue weighted by Gasteiger charge is -2.72. The maximum Gasteiger partial charge on any atom is 0.161 e. The number of ketones is 1.